The van der Waals surface area contributed by atoms with E-state index in [1.165, 1.54) is 0 Å². The van der Waals surface area contributed by atoms with Crippen LogP contribution in [0.5, 0.6) is 0 Å². The lowest BCUT2D eigenvalue weighted by Crippen LogP contribution is -2.26. The summed E-state index contributed by atoms with van der Waals surface area (Å²) in [5.74, 6) is 0. The highest BCUT2D eigenvalue weighted by Crippen LogP contribution is 1.90. The zero-order chi connectivity index (χ0) is 5.86. The van der Waals surface area contributed by atoms with E-state index >= 15 is 0 Å². The Balaban J connectivity index is 0. The highest BCUT2D eigenvalue weighted by molar-refractivity contribution is 5.85. The fourth-order valence-corrected chi connectivity index (χ4v) is 0.365. The smallest absolute Gasteiger partial charge is 0.106 e. The Bertz CT molecular complexity index is 49.7. The van der Waals surface area contributed by atoms with E-state index in [1.807, 2.05) is 21.0 Å². The summed E-state index contributed by atoms with van der Waals surface area (Å²) in [4.78, 5) is 1.78. The molecule has 0 rings (SSSR count). The molecule has 0 aliphatic rings. The fourth-order valence-electron chi connectivity index (χ4n) is 0.365. The van der Waals surface area contributed by atoms with E-state index in [-0.39, 0.29) is 18.6 Å². The molecule has 0 unspecified atom stereocenters. The van der Waals surface area contributed by atoms with Gasteiger partial charge in [-0.05, 0) is 20.5 Å². The number of nitrogens with zero attached hydrogens (tertiary/aromatic N) is 1. The Hall–Kier alpha value is 0.210. The highest BCUT2D eigenvalue weighted by atomic mass is 35.5. The van der Waals surface area contributed by atoms with Crippen molar-refractivity contribution in [3.05, 3.63) is 0 Å². The normalized spacial score (nSPS) is 13.1. The highest BCUT2D eigenvalue weighted by Gasteiger charge is 1.99. The van der Waals surface area contributed by atoms with Crippen LogP contribution in [-0.2, 0) is 0 Å². The van der Waals surface area contributed by atoms with Gasteiger partial charge in [0.2, 0.25) is 0 Å². The first-order valence-electron chi connectivity index (χ1n) is 2.53. The predicted octanol–water partition coefficient (Wildman–Crippen LogP) is 0.698. The Labute approximate surface area is 56.9 Å². The van der Waals surface area contributed by atoms with Crippen LogP contribution in [0, 0.1) is 0 Å². The van der Waals surface area contributed by atoms with Crippen LogP contribution in [0.25, 0.3) is 0 Å². The van der Waals surface area contributed by atoms with Crippen LogP contribution in [0.2, 0.25) is 0 Å². The van der Waals surface area contributed by atoms with Gasteiger partial charge in [0, 0.05) is 0 Å². The van der Waals surface area contributed by atoms with E-state index in [2.05, 4.69) is 0 Å². The van der Waals surface area contributed by atoms with Gasteiger partial charge in [-0.3, -0.25) is 4.90 Å². The summed E-state index contributed by atoms with van der Waals surface area (Å²) in [5, 5.41) is 8.86. The Morgan fingerprint density at radius 3 is 1.88 bits per heavy atom. The minimum Gasteiger partial charge on any atom is -0.378 e. The van der Waals surface area contributed by atoms with Gasteiger partial charge in [-0.15, -0.1) is 12.4 Å². The lowest BCUT2D eigenvalue weighted by atomic mass is 10.4. The van der Waals surface area contributed by atoms with E-state index < -0.39 is 0 Å². The predicted molar refractivity (Wildman–Crippen MR) is 37.2 cm³/mol. The van der Waals surface area contributed by atoms with E-state index in [4.69, 9.17) is 5.11 Å². The molecule has 0 spiro atoms. The first kappa shape index (κ1) is 11.1. The average molecular weight is 140 g/mol. The standard InChI is InChI=1S/C5H13NO.ClH/c1-4-5(7)6(2)3;/h5,7H,4H2,1-3H3;1H/t5-;/m1./s1. The van der Waals surface area contributed by atoms with Crippen molar-refractivity contribution < 1.29 is 5.11 Å². The van der Waals surface area contributed by atoms with Crippen LogP contribution in [-0.4, -0.2) is 30.3 Å². The molecular weight excluding hydrogens is 126 g/mol. The van der Waals surface area contributed by atoms with Crippen LogP contribution < -0.4 is 0 Å². The molecule has 0 aromatic rings. The summed E-state index contributed by atoms with van der Waals surface area (Å²) < 4.78 is 0. The van der Waals surface area contributed by atoms with Gasteiger partial charge in [-0.25, -0.2) is 0 Å². The summed E-state index contributed by atoms with van der Waals surface area (Å²) in [7, 11) is 3.71. The minimum absolute atomic E-state index is 0. The van der Waals surface area contributed by atoms with E-state index in [9.17, 15) is 0 Å². The Morgan fingerprint density at radius 1 is 1.50 bits per heavy atom. The van der Waals surface area contributed by atoms with Crippen molar-refractivity contribution in [2.75, 3.05) is 14.1 Å². The fraction of sp³-hybridized carbons (Fsp3) is 1.00. The van der Waals surface area contributed by atoms with Crippen molar-refractivity contribution >= 4 is 12.4 Å². The van der Waals surface area contributed by atoms with Gasteiger partial charge >= 0.3 is 0 Å². The van der Waals surface area contributed by atoms with E-state index in [0.717, 1.165) is 6.42 Å². The third-order valence-corrected chi connectivity index (χ3v) is 0.961. The Morgan fingerprint density at radius 2 is 1.88 bits per heavy atom. The van der Waals surface area contributed by atoms with Gasteiger partial charge in [-0.1, -0.05) is 6.92 Å². The van der Waals surface area contributed by atoms with Crippen molar-refractivity contribution in [3.8, 4) is 0 Å². The van der Waals surface area contributed by atoms with Crippen molar-refractivity contribution in [1.29, 1.82) is 0 Å². The first-order chi connectivity index (χ1) is 3.18. The molecule has 2 nitrogen and oxygen atoms in total. The maximum atomic E-state index is 8.86. The second-order valence-corrected chi connectivity index (χ2v) is 1.85. The second kappa shape index (κ2) is 5.35. The van der Waals surface area contributed by atoms with Gasteiger partial charge < -0.3 is 5.11 Å². The molecule has 0 heterocycles. The largest absolute Gasteiger partial charge is 0.378 e. The molecule has 0 saturated heterocycles. The summed E-state index contributed by atoms with van der Waals surface area (Å²) in [6.07, 6.45) is 0.535. The van der Waals surface area contributed by atoms with Gasteiger partial charge in [0.25, 0.3) is 0 Å². The maximum Gasteiger partial charge on any atom is 0.106 e. The van der Waals surface area contributed by atoms with Crippen LogP contribution in [0.3, 0.4) is 0 Å². The molecule has 3 heteroatoms. The zero-order valence-electron chi connectivity index (χ0n) is 5.59. The summed E-state index contributed by atoms with van der Waals surface area (Å²) in [5.41, 5.74) is 0. The summed E-state index contributed by atoms with van der Waals surface area (Å²) in [6, 6.07) is 0. The van der Waals surface area contributed by atoms with E-state index in [1.54, 1.807) is 4.90 Å². The summed E-state index contributed by atoms with van der Waals surface area (Å²) in [6.45, 7) is 1.95. The number of aliphatic hydroxyl groups is 1. The Kier molecular flexibility index (Phi) is 7.40. The average Bonchev–Trinajstić information content (AvgIpc) is 1.65. The van der Waals surface area contributed by atoms with Crippen LogP contribution in [0.15, 0.2) is 0 Å². The molecule has 0 aromatic carbocycles. The van der Waals surface area contributed by atoms with Gasteiger partial charge in [-0.2, -0.15) is 0 Å². The lowest BCUT2D eigenvalue weighted by molar-refractivity contribution is 0.0377. The number of hydrogen-bond donors (Lipinski definition) is 1. The zero-order valence-corrected chi connectivity index (χ0v) is 6.40. The third kappa shape index (κ3) is 4.37. The quantitative estimate of drug-likeness (QED) is 0.570. The summed E-state index contributed by atoms with van der Waals surface area (Å²) >= 11 is 0. The van der Waals surface area contributed by atoms with Gasteiger partial charge in [0.1, 0.15) is 6.23 Å². The van der Waals surface area contributed by atoms with Crippen molar-refractivity contribution in [1.82, 2.24) is 4.90 Å². The second-order valence-electron chi connectivity index (χ2n) is 1.85. The molecule has 52 valence electrons. The van der Waals surface area contributed by atoms with Crippen LogP contribution in [0.4, 0.5) is 0 Å². The SMILES string of the molecule is CC[C@@H](O)N(C)C.Cl. The molecule has 0 radical (unpaired) electrons. The molecule has 0 saturated carbocycles. The molecule has 0 amide bonds. The lowest BCUT2D eigenvalue weighted by Gasteiger charge is -2.15. The van der Waals surface area contributed by atoms with Gasteiger partial charge in [0.15, 0.2) is 0 Å². The van der Waals surface area contributed by atoms with Crippen molar-refractivity contribution in [2.24, 2.45) is 0 Å². The molecule has 0 aliphatic heterocycles. The number of rotatable bonds is 2. The van der Waals surface area contributed by atoms with Crippen molar-refractivity contribution in [3.63, 3.8) is 0 Å². The molecule has 0 aromatic heterocycles. The van der Waals surface area contributed by atoms with Crippen LogP contribution in [0.1, 0.15) is 13.3 Å². The molecule has 1 atom stereocenters. The number of aliphatic hydroxyl groups excluding tert-OH is 1. The number of hydrogen-bond acceptors (Lipinski definition) is 2. The first-order valence-corrected chi connectivity index (χ1v) is 2.53. The molecule has 0 fully saturated rings. The molecular formula is C5H14ClNO. The minimum atomic E-state index is -0.264. The molecule has 0 bridgehead atoms. The van der Waals surface area contributed by atoms with Crippen molar-refractivity contribution in [2.45, 2.75) is 19.6 Å². The van der Waals surface area contributed by atoms with Crippen LogP contribution >= 0.6 is 12.4 Å². The monoisotopic (exact) mass is 139 g/mol. The topological polar surface area (TPSA) is 23.5 Å². The molecule has 0 aliphatic carbocycles. The maximum absolute atomic E-state index is 8.86. The third-order valence-electron chi connectivity index (χ3n) is 0.961. The van der Waals surface area contributed by atoms with E-state index in [0.29, 0.717) is 0 Å². The number of halogens is 1. The molecule has 1 N–H and O–H groups in total. The molecule has 8 heavy (non-hydrogen) atoms. The van der Waals surface area contributed by atoms with Gasteiger partial charge in [0.05, 0.1) is 0 Å².